The molecule has 1 N–H and O–H groups in total. The van der Waals surface area contributed by atoms with Crippen molar-refractivity contribution in [2.24, 2.45) is 7.05 Å². The zero-order valence-electron chi connectivity index (χ0n) is 11.1. The zero-order valence-corrected chi connectivity index (χ0v) is 11.1. The van der Waals surface area contributed by atoms with Crippen LogP contribution in [-0.4, -0.2) is 16.4 Å². The van der Waals surface area contributed by atoms with Gasteiger partial charge in [-0.15, -0.1) is 0 Å². The molecule has 2 aromatic rings. The van der Waals surface area contributed by atoms with Crippen LogP contribution in [0.1, 0.15) is 29.9 Å². The van der Waals surface area contributed by atoms with Crippen LogP contribution < -0.4 is 5.32 Å². The molecule has 1 saturated heterocycles. The fourth-order valence-corrected chi connectivity index (χ4v) is 2.97. The number of rotatable bonds is 1. The molecule has 3 rings (SSSR count). The first-order valence-electron chi connectivity index (χ1n) is 6.46. The third-order valence-corrected chi connectivity index (χ3v) is 3.85. The molecular weight excluding hydrogens is 240 g/mol. The summed E-state index contributed by atoms with van der Waals surface area (Å²) in [5.74, 6) is -0.564. The van der Waals surface area contributed by atoms with E-state index in [1.54, 1.807) is 0 Å². The van der Waals surface area contributed by atoms with Crippen LogP contribution in [0, 0.1) is 6.92 Å². The maximum absolute atomic E-state index is 12.0. The Morgan fingerprint density at radius 2 is 2.11 bits per heavy atom. The summed E-state index contributed by atoms with van der Waals surface area (Å²) in [6.45, 7) is 2.07. The third kappa shape index (κ3) is 1.84. The van der Waals surface area contributed by atoms with Crippen LogP contribution in [0.25, 0.3) is 10.9 Å². The average Bonchev–Trinajstić information content (AvgIpc) is 2.68. The molecule has 0 radical (unpaired) electrons. The van der Waals surface area contributed by atoms with Gasteiger partial charge in [0.25, 0.3) is 0 Å². The predicted molar refractivity (Wildman–Crippen MR) is 72.8 cm³/mol. The molecule has 2 heterocycles. The highest BCUT2D eigenvalue weighted by molar-refractivity contribution is 6.03. The fraction of sp³-hybridized carbons (Fsp3) is 0.333. The number of hydrogen-bond donors (Lipinski definition) is 1. The van der Waals surface area contributed by atoms with Crippen LogP contribution in [0.2, 0.25) is 0 Å². The second kappa shape index (κ2) is 4.23. The number of piperidine rings is 1. The SMILES string of the molecule is Cc1cccc2c(C3CCC(=O)NC3=O)cn(C)c12. The number of carbonyl (C=O) groups excluding carboxylic acids is 2. The Balaban J connectivity index is 2.13. The monoisotopic (exact) mass is 256 g/mol. The summed E-state index contributed by atoms with van der Waals surface area (Å²) in [5, 5.41) is 3.54. The van der Waals surface area contributed by atoms with E-state index in [2.05, 4.69) is 22.9 Å². The van der Waals surface area contributed by atoms with Gasteiger partial charge < -0.3 is 4.57 Å². The Morgan fingerprint density at radius 3 is 2.84 bits per heavy atom. The summed E-state index contributed by atoms with van der Waals surface area (Å²) < 4.78 is 2.06. The second-order valence-corrected chi connectivity index (χ2v) is 5.17. The van der Waals surface area contributed by atoms with E-state index in [-0.39, 0.29) is 17.7 Å². The number of carbonyl (C=O) groups is 2. The van der Waals surface area contributed by atoms with Gasteiger partial charge in [0.1, 0.15) is 0 Å². The van der Waals surface area contributed by atoms with E-state index in [9.17, 15) is 9.59 Å². The van der Waals surface area contributed by atoms with E-state index >= 15 is 0 Å². The summed E-state index contributed by atoms with van der Waals surface area (Å²) in [7, 11) is 1.99. The summed E-state index contributed by atoms with van der Waals surface area (Å²) >= 11 is 0. The maximum Gasteiger partial charge on any atom is 0.234 e. The quantitative estimate of drug-likeness (QED) is 0.793. The number of nitrogens with one attached hydrogen (secondary N) is 1. The molecule has 1 fully saturated rings. The number of fused-ring (bicyclic) bond motifs is 1. The van der Waals surface area contributed by atoms with Gasteiger partial charge in [0.05, 0.1) is 11.4 Å². The first kappa shape index (κ1) is 12.0. The van der Waals surface area contributed by atoms with Crippen molar-refractivity contribution in [3.8, 4) is 0 Å². The average molecular weight is 256 g/mol. The summed E-state index contributed by atoms with van der Waals surface area (Å²) in [4.78, 5) is 23.2. The van der Waals surface area contributed by atoms with Crippen molar-refractivity contribution >= 4 is 22.7 Å². The van der Waals surface area contributed by atoms with Crippen molar-refractivity contribution in [3.05, 3.63) is 35.5 Å². The van der Waals surface area contributed by atoms with Gasteiger partial charge in [-0.2, -0.15) is 0 Å². The van der Waals surface area contributed by atoms with Crippen molar-refractivity contribution in [1.29, 1.82) is 0 Å². The van der Waals surface area contributed by atoms with Gasteiger partial charge in [-0.3, -0.25) is 14.9 Å². The number of amides is 2. The lowest BCUT2D eigenvalue weighted by atomic mass is 9.90. The van der Waals surface area contributed by atoms with Crippen LogP contribution in [0.3, 0.4) is 0 Å². The molecule has 1 aromatic heterocycles. The molecule has 1 aromatic carbocycles. The summed E-state index contributed by atoms with van der Waals surface area (Å²) in [6.07, 6.45) is 3.02. The molecule has 4 heteroatoms. The Labute approximate surface area is 111 Å². The van der Waals surface area contributed by atoms with Crippen molar-refractivity contribution in [1.82, 2.24) is 9.88 Å². The zero-order chi connectivity index (χ0) is 13.6. The van der Waals surface area contributed by atoms with Crippen LogP contribution in [-0.2, 0) is 16.6 Å². The van der Waals surface area contributed by atoms with Gasteiger partial charge in [-0.1, -0.05) is 18.2 Å². The van der Waals surface area contributed by atoms with E-state index in [1.165, 1.54) is 5.56 Å². The number of para-hydroxylation sites is 1. The number of aromatic nitrogens is 1. The molecule has 4 nitrogen and oxygen atoms in total. The lowest BCUT2D eigenvalue weighted by Crippen LogP contribution is -2.39. The molecular formula is C15H16N2O2. The van der Waals surface area contributed by atoms with Gasteiger partial charge in [0, 0.05) is 25.1 Å². The summed E-state index contributed by atoms with van der Waals surface area (Å²) in [6, 6.07) is 6.12. The van der Waals surface area contributed by atoms with Crippen LogP contribution in [0.15, 0.2) is 24.4 Å². The highest BCUT2D eigenvalue weighted by Crippen LogP contribution is 2.33. The van der Waals surface area contributed by atoms with Crippen LogP contribution >= 0.6 is 0 Å². The number of imide groups is 1. The standard InChI is InChI=1S/C15H16N2O2/c1-9-4-3-5-10-12(8-17(2)14(9)10)11-6-7-13(18)16-15(11)19/h3-5,8,11H,6-7H2,1-2H3,(H,16,18,19). The number of nitrogens with zero attached hydrogens (tertiary/aromatic N) is 1. The molecule has 2 amide bonds. The van der Waals surface area contributed by atoms with E-state index in [0.29, 0.717) is 12.8 Å². The van der Waals surface area contributed by atoms with Gasteiger partial charge in [-0.25, -0.2) is 0 Å². The lowest BCUT2D eigenvalue weighted by Gasteiger charge is -2.20. The molecule has 1 unspecified atom stereocenters. The molecule has 98 valence electrons. The second-order valence-electron chi connectivity index (χ2n) is 5.17. The highest BCUT2D eigenvalue weighted by atomic mass is 16.2. The molecule has 1 aliphatic rings. The normalized spacial score (nSPS) is 19.8. The van der Waals surface area contributed by atoms with Gasteiger partial charge in [0.15, 0.2) is 0 Å². The Kier molecular flexibility index (Phi) is 2.66. The molecule has 0 bridgehead atoms. The van der Waals surface area contributed by atoms with Crippen LogP contribution in [0.4, 0.5) is 0 Å². The van der Waals surface area contributed by atoms with Gasteiger partial charge >= 0.3 is 0 Å². The topological polar surface area (TPSA) is 51.1 Å². The van der Waals surface area contributed by atoms with Gasteiger partial charge in [0.2, 0.25) is 11.8 Å². The summed E-state index contributed by atoms with van der Waals surface area (Å²) in [5.41, 5.74) is 3.37. The molecule has 1 atom stereocenters. The Bertz CT molecular complexity index is 685. The van der Waals surface area contributed by atoms with E-state index in [0.717, 1.165) is 16.5 Å². The Morgan fingerprint density at radius 1 is 1.32 bits per heavy atom. The number of aryl methyl sites for hydroxylation is 2. The highest BCUT2D eigenvalue weighted by Gasteiger charge is 2.30. The minimum Gasteiger partial charge on any atom is -0.350 e. The molecule has 0 saturated carbocycles. The molecule has 0 spiro atoms. The van der Waals surface area contributed by atoms with Crippen molar-refractivity contribution in [2.45, 2.75) is 25.7 Å². The molecule has 1 aliphatic heterocycles. The van der Waals surface area contributed by atoms with E-state index in [1.807, 2.05) is 25.4 Å². The fourth-order valence-electron chi connectivity index (χ4n) is 2.97. The maximum atomic E-state index is 12.0. The van der Waals surface area contributed by atoms with E-state index < -0.39 is 0 Å². The van der Waals surface area contributed by atoms with Crippen LogP contribution in [0.5, 0.6) is 0 Å². The molecule has 0 aliphatic carbocycles. The Hall–Kier alpha value is -2.10. The number of benzene rings is 1. The first-order valence-corrected chi connectivity index (χ1v) is 6.46. The van der Waals surface area contributed by atoms with Crippen molar-refractivity contribution in [3.63, 3.8) is 0 Å². The first-order chi connectivity index (χ1) is 9.08. The van der Waals surface area contributed by atoms with Crippen molar-refractivity contribution in [2.75, 3.05) is 0 Å². The van der Waals surface area contributed by atoms with Crippen molar-refractivity contribution < 1.29 is 9.59 Å². The minimum absolute atomic E-state index is 0.169. The third-order valence-electron chi connectivity index (χ3n) is 3.85. The van der Waals surface area contributed by atoms with Gasteiger partial charge in [-0.05, 0) is 24.5 Å². The molecule has 19 heavy (non-hydrogen) atoms. The van der Waals surface area contributed by atoms with E-state index in [4.69, 9.17) is 0 Å². The lowest BCUT2D eigenvalue weighted by molar-refractivity contribution is -0.134. The smallest absolute Gasteiger partial charge is 0.234 e. The number of hydrogen-bond acceptors (Lipinski definition) is 2. The predicted octanol–water partition coefficient (Wildman–Crippen LogP) is 2.01. The largest absolute Gasteiger partial charge is 0.350 e. The minimum atomic E-state index is -0.219.